The van der Waals surface area contributed by atoms with E-state index in [4.69, 9.17) is 9.47 Å². The van der Waals surface area contributed by atoms with E-state index in [1.807, 2.05) is 27.7 Å². The molecule has 0 unspecified atom stereocenters. The summed E-state index contributed by atoms with van der Waals surface area (Å²) in [6.45, 7) is 13.4. The van der Waals surface area contributed by atoms with E-state index >= 15 is 0 Å². The van der Waals surface area contributed by atoms with Gasteiger partial charge in [0.2, 0.25) is 0 Å². The van der Waals surface area contributed by atoms with E-state index in [2.05, 4.69) is 10.8 Å². The van der Waals surface area contributed by atoms with Crippen molar-refractivity contribution in [1.82, 2.24) is 0 Å². The molecule has 0 aliphatic carbocycles. The van der Waals surface area contributed by atoms with Crippen molar-refractivity contribution in [2.45, 2.75) is 40.1 Å². The van der Waals surface area contributed by atoms with Crippen molar-refractivity contribution in [3.63, 3.8) is 0 Å². The molecule has 0 N–H and O–H groups in total. The first-order chi connectivity index (χ1) is 15.6. The molecule has 0 heterocycles. The van der Waals surface area contributed by atoms with Crippen LogP contribution in [-0.4, -0.2) is 28.1 Å². The van der Waals surface area contributed by atoms with E-state index < -0.39 is 21.4 Å². The van der Waals surface area contributed by atoms with Gasteiger partial charge >= 0.3 is 15.6 Å². The minimum atomic E-state index is -5.83. The molecule has 0 aliphatic rings. The molecule has 0 spiro atoms. The molecule has 2 aromatic rings. The number of allylic oxidation sites excluding steroid dienone is 5. The molecule has 184 valence electrons. The molecular formula is C24H31F3O5S. The Morgan fingerprint density at radius 1 is 0.970 bits per heavy atom. The Kier molecular flexibility index (Phi) is 12.4. The summed E-state index contributed by atoms with van der Waals surface area (Å²) >= 11 is 0. The minimum Gasteiger partial charge on any atom is -0.493 e. The number of fused-ring (bicyclic) bond motifs is 1. The topological polar surface area (TPSA) is 61.8 Å². The van der Waals surface area contributed by atoms with Crippen molar-refractivity contribution in [3.8, 4) is 17.2 Å². The molecule has 0 saturated heterocycles. The molecule has 2 rings (SSSR count). The van der Waals surface area contributed by atoms with Gasteiger partial charge in [-0.25, -0.2) is 0 Å². The van der Waals surface area contributed by atoms with Crippen LogP contribution in [0.25, 0.3) is 16.3 Å². The lowest BCUT2D eigenvalue weighted by Gasteiger charge is -2.16. The minimum absolute atomic E-state index is 0.321. The first kappa shape index (κ1) is 30.1. The largest absolute Gasteiger partial charge is 0.534 e. The molecule has 0 aliphatic heterocycles. The summed E-state index contributed by atoms with van der Waals surface area (Å²) in [5, 5.41) is 0.984. The molecule has 0 aromatic heterocycles. The normalized spacial score (nSPS) is 11.8. The lowest BCUT2D eigenvalue weighted by molar-refractivity contribution is -0.0500. The number of alkyl halides is 3. The predicted molar refractivity (Wildman–Crippen MR) is 128 cm³/mol. The second kappa shape index (κ2) is 13.6. The number of halogens is 3. The fourth-order valence-corrected chi connectivity index (χ4v) is 3.11. The van der Waals surface area contributed by atoms with Crippen molar-refractivity contribution in [2.75, 3.05) is 14.2 Å². The molecule has 0 amide bonds. The molecular weight excluding hydrogens is 457 g/mol. The monoisotopic (exact) mass is 488 g/mol. The highest BCUT2D eigenvalue weighted by atomic mass is 32.2. The van der Waals surface area contributed by atoms with Gasteiger partial charge in [0.05, 0.1) is 14.2 Å². The molecule has 5 nitrogen and oxygen atoms in total. The zero-order valence-corrected chi connectivity index (χ0v) is 20.7. The van der Waals surface area contributed by atoms with Crippen molar-refractivity contribution in [3.05, 3.63) is 60.7 Å². The van der Waals surface area contributed by atoms with Crippen LogP contribution in [0.4, 0.5) is 13.2 Å². The van der Waals surface area contributed by atoms with E-state index in [9.17, 15) is 21.6 Å². The third-order valence-electron chi connectivity index (χ3n) is 3.87. The molecule has 33 heavy (non-hydrogen) atoms. The molecule has 0 saturated carbocycles. The number of hydrogen-bond donors (Lipinski definition) is 0. The Labute approximate surface area is 194 Å². The number of benzene rings is 2. The van der Waals surface area contributed by atoms with E-state index in [1.165, 1.54) is 38.5 Å². The highest BCUT2D eigenvalue weighted by Crippen LogP contribution is 2.39. The van der Waals surface area contributed by atoms with Crippen LogP contribution in [0.5, 0.6) is 17.2 Å². The molecule has 9 heteroatoms. The first-order valence-electron chi connectivity index (χ1n) is 10.2. The van der Waals surface area contributed by atoms with E-state index in [0.717, 1.165) is 0 Å². The fraction of sp³-hybridized carbons (Fsp3) is 0.333. The second-order valence-electron chi connectivity index (χ2n) is 5.74. The van der Waals surface area contributed by atoms with Gasteiger partial charge in [0, 0.05) is 0 Å². The molecule has 2 aromatic carbocycles. The number of methoxy groups -OCH3 is 2. The SMILES string of the molecule is C=C/C=C(\C=C/C)c1cc(OS(=O)(=O)C(F)(F)F)cc2cc(OC)c(OC)cc12.CC.CC. The standard InChI is InChI=1S/C20H19F3O5S.2C2H6/c1-5-7-13(8-6-2)16-11-15(28-29(24,25)20(21,22)23)9-14-10-18(26-3)19(27-4)12-17(14)16;2*1-2/h5-12H,1H2,2-4H3;2*1-2H3/b8-6-,13-7+;;. The van der Waals surface area contributed by atoms with Gasteiger partial charge in [-0.3, -0.25) is 0 Å². The third-order valence-corrected chi connectivity index (χ3v) is 4.85. The summed E-state index contributed by atoms with van der Waals surface area (Å²) in [6.07, 6.45) is 6.56. The Balaban J connectivity index is 0.00000242. The lowest BCUT2D eigenvalue weighted by atomic mass is 9.96. The van der Waals surface area contributed by atoms with Crippen LogP contribution >= 0.6 is 0 Å². The Hall–Kier alpha value is -2.94. The second-order valence-corrected chi connectivity index (χ2v) is 7.28. The summed E-state index contributed by atoms with van der Waals surface area (Å²) < 4.78 is 76.1. The Bertz CT molecular complexity index is 1090. The maximum atomic E-state index is 12.8. The van der Waals surface area contributed by atoms with Crippen molar-refractivity contribution >= 4 is 26.5 Å². The number of ether oxygens (including phenoxy) is 2. The molecule has 0 fully saturated rings. The third kappa shape index (κ3) is 7.56. The van der Waals surface area contributed by atoms with Gasteiger partial charge in [0.25, 0.3) is 0 Å². The highest BCUT2D eigenvalue weighted by Gasteiger charge is 2.48. The summed E-state index contributed by atoms with van der Waals surface area (Å²) in [5.41, 5.74) is -4.55. The Morgan fingerprint density at radius 3 is 1.97 bits per heavy atom. The number of rotatable bonds is 7. The summed E-state index contributed by atoms with van der Waals surface area (Å²) in [5.74, 6) is 0.231. The summed E-state index contributed by atoms with van der Waals surface area (Å²) in [4.78, 5) is 0. The Morgan fingerprint density at radius 2 is 1.52 bits per heavy atom. The van der Waals surface area contributed by atoms with Gasteiger partial charge in [-0.05, 0) is 53.1 Å². The van der Waals surface area contributed by atoms with Crippen molar-refractivity contribution in [1.29, 1.82) is 0 Å². The maximum Gasteiger partial charge on any atom is 0.534 e. The predicted octanol–water partition coefficient (Wildman–Crippen LogP) is 7.28. The number of hydrogen-bond acceptors (Lipinski definition) is 5. The molecule has 0 bridgehead atoms. The van der Waals surface area contributed by atoms with Crippen LogP contribution in [0.15, 0.2) is 55.1 Å². The fourth-order valence-electron chi connectivity index (χ4n) is 2.66. The van der Waals surface area contributed by atoms with Crippen LogP contribution in [0.3, 0.4) is 0 Å². The van der Waals surface area contributed by atoms with Gasteiger partial charge in [0.1, 0.15) is 5.75 Å². The average molecular weight is 489 g/mol. The zero-order chi connectivity index (χ0) is 25.8. The highest BCUT2D eigenvalue weighted by molar-refractivity contribution is 7.88. The smallest absolute Gasteiger partial charge is 0.493 e. The van der Waals surface area contributed by atoms with Crippen molar-refractivity contribution in [2.24, 2.45) is 0 Å². The van der Waals surface area contributed by atoms with E-state index in [-0.39, 0.29) is 0 Å². The van der Waals surface area contributed by atoms with Crippen molar-refractivity contribution < 1.29 is 35.2 Å². The van der Waals surface area contributed by atoms with Gasteiger partial charge in [-0.15, -0.1) is 0 Å². The summed E-state index contributed by atoms with van der Waals surface area (Å²) in [6, 6.07) is 5.57. The van der Waals surface area contributed by atoms with Gasteiger partial charge in [-0.2, -0.15) is 21.6 Å². The lowest BCUT2D eigenvalue weighted by Crippen LogP contribution is -2.28. The van der Waals surface area contributed by atoms with Crippen LogP contribution in [0, 0.1) is 0 Å². The average Bonchev–Trinajstić information content (AvgIpc) is 2.79. The summed E-state index contributed by atoms with van der Waals surface area (Å²) in [7, 11) is -2.98. The zero-order valence-electron chi connectivity index (χ0n) is 19.9. The van der Waals surface area contributed by atoms with Crippen LogP contribution < -0.4 is 13.7 Å². The van der Waals surface area contributed by atoms with Crippen LogP contribution in [0.2, 0.25) is 0 Å². The van der Waals surface area contributed by atoms with Crippen LogP contribution in [-0.2, 0) is 10.1 Å². The first-order valence-corrected chi connectivity index (χ1v) is 11.6. The van der Waals surface area contributed by atoms with E-state index in [1.54, 1.807) is 31.2 Å². The molecule has 0 atom stereocenters. The quantitative estimate of drug-likeness (QED) is 0.233. The molecule has 0 radical (unpaired) electrons. The van der Waals surface area contributed by atoms with E-state index in [0.29, 0.717) is 33.4 Å². The van der Waals surface area contributed by atoms with Gasteiger partial charge in [0.15, 0.2) is 11.5 Å². The van der Waals surface area contributed by atoms with Gasteiger partial charge < -0.3 is 13.7 Å². The van der Waals surface area contributed by atoms with Crippen LogP contribution in [0.1, 0.15) is 40.2 Å². The maximum absolute atomic E-state index is 12.8. The van der Waals surface area contributed by atoms with Gasteiger partial charge in [-0.1, -0.05) is 58.6 Å².